The molecule has 5 fully saturated rings. The van der Waals surface area contributed by atoms with E-state index in [1.165, 1.54) is 51.4 Å². The molecule has 5 nitrogen and oxygen atoms in total. The number of hydrogen-bond donors (Lipinski definition) is 2. The quantitative estimate of drug-likeness (QED) is 0.438. The van der Waals surface area contributed by atoms with Gasteiger partial charge < -0.3 is 19.9 Å². The number of aliphatic hydroxyl groups excluding tert-OH is 1. The van der Waals surface area contributed by atoms with Crippen molar-refractivity contribution in [3.05, 3.63) is 0 Å². The molecule has 0 saturated heterocycles. The van der Waals surface area contributed by atoms with Gasteiger partial charge in [0.25, 0.3) is 0 Å². The van der Waals surface area contributed by atoms with Crippen molar-refractivity contribution >= 4 is 5.97 Å². The number of methoxy groups -OCH3 is 2. The molecule has 194 valence electrons. The Balaban J connectivity index is 1.50. The summed E-state index contributed by atoms with van der Waals surface area (Å²) in [6.07, 6.45) is 15.1. The minimum Gasteiger partial charge on any atom is -0.469 e. The molecular weight excluding hydrogens is 426 g/mol. The van der Waals surface area contributed by atoms with Crippen LogP contribution in [0.5, 0.6) is 0 Å². The van der Waals surface area contributed by atoms with Crippen LogP contribution in [0, 0.1) is 40.4 Å². The summed E-state index contributed by atoms with van der Waals surface area (Å²) in [5.74, 6) is 2.44. The average molecular weight is 476 g/mol. The topological polar surface area (TPSA) is 67.8 Å². The van der Waals surface area contributed by atoms with Crippen molar-refractivity contribution in [3.8, 4) is 0 Å². The van der Waals surface area contributed by atoms with Crippen LogP contribution in [0.25, 0.3) is 0 Å². The highest BCUT2D eigenvalue weighted by Crippen LogP contribution is 2.67. The lowest BCUT2D eigenvalue weighted by atomic mass is 9.43. The van der Waals surface area contributed by atoms with Gasteiger partial charge in [0.15, 0.2) is 0 Å². The Bertz CT molecular complexity index is 736. The lowest BCUT2D eigenvalue weighted by molar-refractivity contribution is -0.180. The summed E-state index contributed by atoms with van der Waals surface area (Å²) >= 11 is 0. The molecule has 34 heavy (non-hydrogen) atoms. The third kappa shape index (κ3) is 4.06. The van der Waals surface area contributed by atoms with Crippen LogP contribution in [-0.4, -0.2) is 49.6 Å². The molecule has 0 aliphatic heterocycles. The molecular formula is C29H49NO4. The number of esters is 1. The second-order valence-corrected chi connectivity index (χ2v) is 13.2. The van der Waals surface area contributed by atoms with Crippen LogP contribution in [0.2, 0.25) is 0 Å². The van der Waals surface area contributed by atoms with Crippen LogP contribution in [-0.2, 0) is 14.3 Å². The molecule has 5 heteroatoms. The molecule has 0 aromatic rings. The van der Waals surface area contributed by atoms with E-state index in [9.17, 15) is 9.90 Å². The molecule has 0 aromatic heterocycles. The first-order valence-electron chi connectivity index (χ1n) is 14.4. The van der Waals surface area contributed by atoms with Gasteiger partial charge in [-0.15, -0.1) is 0 Å². The van der Waals surface area contributed by atoms with Gasteiger partial charge in [-0.05, 0) is 92.3 Å². The standard InChI is InChI=1S/C29H49NO4/c1-28-17-25(33-3)24(31)15-18(28)11-12-20-21-13-14-22(27(32)34-4)29(21,2)16-23(26(20)28)30-19-9-7-5-6-8-10-19/h18-26,30-31H,5-17H2,1-4H3/t18-,20-,21-,22+,23+,24-,25-,26+,28-,29-/m0/s1. The van der Waals surface area contributed by atoms with E-state index in [2.05, 4.69) is 19.2 Å². The van der Waals surface area contributed by atoms with Gasteiger partial charge in [-0.25, -0.2) is 0 Å². The maximum atomic E-state index is 12.9. The lowest BCUT2D eigenvalue weighted by Crippen LogP contribution is -2.65. The van der Waals surface area contributed by atoms with Crippen molar-refractivity contribution in [2.75, 3.05) is 14.2 Å². The van der Waals surface area contributed by atoms with Gasteiger partial charge in [-0.1, -0.05) is 39.5 Å². The van der Waals surface area contributed by atoms with E-state index < -0.39 is 0 Å². The number of aliphatic hydroxyl groups is 1. The van der Waals surface area contributed by atoms with Gasteiger partial charge in [0.1, 0.15) is 0 Å². The highest BCUT2D eigenvalue weighted by molar-refractivity contribution is 5.74. The molecule has 0 heterocycles. The van der Waals surface area contributed by atoms with Crippen molar-refractivity contribution in [3.63, 3.8) is 0 Å². The van der Waals surface area contributed by atoms with Gasteiger partial charge in [0.2, 0.25) is 0 Å². The molecule has 2 N–H and O–H groups in total. The van der Waals surface area contributed by atoms with E-state index in [4.69, 9.17) is 9.47 Å². The number of ether oxygens (including phenoxy) is 2. The highest BCUT2D eigenvalue weighted by atomic mass is 16.5. The molecule has 0 unspecified atom stereocenters. The third-order valence-corrected chi connectivity index (χ3v) is 11.7. The average Bonchev–Trinajstić information content (AvgIpc) is 2.97. The molecule has 5 saturated carbocycles. The van der Waals surface area contributed by atoms with Crippen LogP contribution in [0.4, 0.5) is 0 Å². The van der Waals surface area contributed by atoms with E-state index in [-0.39, 0.29) is 34.9 Å². The zero-order chi connectivity index (χ0) is 24.1. The Morgan fingerprint density at radius 2 is 1.65 bits per heavy atom. The molecule has 0 bridgehead atoms. The second-order valence-electron chi connectivity index (χ2n) is 13.2. The summed E-state index contributed by atoms with van der Waals surface area (Å²) < 4.78 is 11.2. The monoisotopic (exact) mass is 475 g/mol. The number of rotatable bonds is 4. The van der Waals surface area contributed by atoms with Crippen molar-refractivity contribution in [1.82, 2.24) is 5.32 Å². The van der Waals surface area contributed by atoms with Crippen LogP contribution in [0.15, 0.2) is 0 Å². The number of hydrogen-bond acceptors (Lipinski definition) is 5. The zero-order valence-corrected chi connectivity index (χ0v) is 22.1. The van der Waals surface area contributed by atoms with Crippen LogP contribution < -0.4 is 5.32 Å². The van der Waals surface area contributed by atoms with Gasteiger partial charge in [-0.2, -0.15) is 0 Å². The van der Waals surface area contributed by atoms with E-state index >= 15 is 0 Å². The van der Waals surface area contributed by atoms with Gasteiger partial charge in [0.05, 0.1) is 25.2 Å². The predicted molar refractivity (Wildman–Crippen MR) is 133 cm³/mol. The van der Waals surface area contributed by atoms with Crippen molar-refractivity contribution in [2.24, 2.45) is 40.4 Å². The largest absolute Gasteiger partial charge is 0.469 e. The van der Waals surface area contributed by atoms with E-state index in [0.717, 1.165) is 32.1 Å². The third-order valence-electron chi connectivity index (χ3n) is 11.7. The summed E-state index contributed by atoms with van der Waals surface area (Å²) in [6.45, 7) is 4.95. The lowest BCUT2D eigenvalue weighted by Gasteiger charge is -2.64. The Kier molecular flexibility index (Phi) is 7.11. The van der Waals surface area contributed by atoms with Crippen molar-refractivity contribution in [2.45, 2.75) is 122 Å². The maximum Gasteiger partial charge on any atom is 0.309 e. The van der Waals surface area contributed by atoms with Crippen molar-refractivity contribution in [1.29, 1.82) is 0 Å². The summed E-state index contributed by atoms with van der Waals surface area (Å²) in [4.78, 5) is 12.9. The molecule has 5 aliphatic carbocycles. The van der Waals surface area contributed by atoms with E-state index in [1.54, 1.807) is 14.2 Å². The van der Waals surface area contributed by atoms with Crippen LogP contribution >= 0.6 is 0 Å². The Morgan fingerprint density at radius 3 is 2.32 bits per heavy atom. The Hall–Kier alpha value is -0.650. The summed E-state index contributed by atoms with van der Waals surface area (Å²) in [5.41, 5.74) is 0.199. The molecule has 10 atom stereocenters. The molecule has 0 radical (unpaired) electrons. The molecule has 0 amide bonds. The predicted octanol–water partition coefficient (Wildman–Crippen LogP) is 5.10. The minimum atomic E-state index is -0.336. The molecule has 0 spiro atoms. The first-order valence-corrected chi connectivity index (χ1v) is 14.4. The van der Waals surface area contributed by atoms with Gasteiger partial charge in [0, 0.05) is 19.2 Å². The molecule has 0 aromatic carbocycles. The fraction of sp³-hybridized carbons (Fsp3) is 0.966. The summed E-state index contributed by atoms with van der Waals surface area (Å²) in [7, 11) is 3.34. The van der Waals surface area contributed by atoms with E-state index in [1.807, 2.05) is 0 Å². The van der Waals surface area contributed by atoms with Crippen LogP contribution in [0.3, 0.4) is 0 Å². The second kappa shape index (κ2) is 9.67. The Labute approximate surface area is 207 Å². The first kappa shape index (κ1) is 25.0. The minimum absolute atomic E-state index is 0.0109. The maximum absolute atomic E-state index is 12.9. The molecule has 5 rings (SSSR count). The highest BCUT2D eigenvalue weighted by Gasteiger charge is 2.65. The van der Waals surface area contributed by atoms with Gasteiger partial charge >= 0.3 is 5.97 Å². The SMILES string of the molecule is COC(=O)[C@H]1CC[C@H]2[C@@H]3CC[C@H]4C[C@H](O)[C@@H](OC)C[C@]4(C)[C@H]3[C@H](NC3CCCCCC3)C[C@]12C. The number of nitrogens with one attached hydrogen (secondary N) is 1. The van der Waals surface area contributed by atoms with Crippen molar-refractivity contribution < 1.29 is 19.4 Å². The van der Waals surface area contributed by atoms with Gasteiger partial charge in [-0.3, -0.25) is 4.79 Å². The number of fused-ring (bicyclic) bond motifs is 5. The smallest absolute Gasteiger partial charge is 0.309 e. The molecule has 5 aliphatic rings. The van der Waals surface area contributed by atoms with Crippen LogP contribution in [0.1, 0.15) is 97.3 Å². The fourth-order valence-electron chi connectivity index (χ4n) is 10.1. The van der Waals surface area contributed by atoms with E-state index in [0.29, 0.717) is 35.8 Å². The summed E-state index contributed by atoms with van der Waals surface area (Å²) in [5, 5.41) is 15.1. The Morgan fingerprint density at radius 1 is 0.912 bits per heavy atom. The normalized spacial score (nSPS) is 49.4. The summed E-state index contributed by atoms with van der Waals surface area (Å²) in [6, 6.07) is 1.03. The first-order chi connectivity index (χ1) is 16.3. The number of carbonyl (C=O) groups excluding carboxylic acids is 1. The fourth-order valence-corrected chi connectivity index (χ4v) is 10.1. The zero-order valence-electron chi connectivity index (χ0n) is 22.1. The number of carbonyl (C=O) groups is 1.